The molecule has 6 heteroatoms. The minimum atomic E-state index is -0.0768. The second kappa shape index (κ2) is 7.56. The van der Waals surface area contributed by atoms with Gasteiger partial charge in [-0.25, -0.2) is 0 Å². The van der Waals surface area contributed by atoms with Crippen LogP contribution in [0.25, 0.3) is 0 Å². The van der Waals surface area contributed by atoms with E-state index in [1.807, 2.05) is 6.07 Å². The molecule has 0 saturated heterocycles. The first kappa shape index (κ1) is 17.9. The molecule has 0 aliphatic heterocycles. The van der Waals surface area contributed by atoms with Crippen LogP contribution in [0.2, 0.25) is 0 Å². The van der Waals surface area contributed by atoms with E-state index in [0.29, 0.717) is 17.0 Å². The molecule has 2 fully saturated rings. The van der Waals surface area contributed by atoms with Gasteiger partial charge in [-0.05, 0) is 72.5 Å². The van der Waals surface area contributed by atoms with Crippen molar-refractivity contribution >= 4 is 39.1 Å². The number of nitrogens with zero attached hydrogens (tertiary/aromatic N) is 2. The van der Waals surface area contributed by atoms with Crippen molar-refractivity contribution in [2.45, 2.75) is 57.5 Å². The summed E-state index contributed by atoms with van der Waals surface area (Å²) < 4.78 is 0.932. The van der Waals surface area contributed by atoms with Crippen LogP contribution in [-0.2, 0) is 4.79 Å². The summed E-state index contributed by atoms with van der Waals surface area (Å²) in [5, 5.41) is 0. The Bertz CT molecular complexity index is 606. The van der Waals surface area contributed by atoms with Crippen LogP contribution in [0.15, 0.2) is 15.9 Å². The van der Waals surface area contributed by atoms with Gasteiger partial charge >= 0.3 is 0 Å². The zero-order valence-electron chi connectivity index (χ0n) is 14.3. The van der Waals surface area contributed by atoms with Crippen LogP contribution in [-0.4, -0.2) is 47.3 Å². The summed E-state index contributed by atoms with van der Waals surface area (Å²) in [5.74, 6) is 0.814. The lowest BCUT2D eigenvalue weighted by atomic mass is 9.86. The number of hydrogen-bond donors (Lipinski definition) is 0. The molecule has 24 heavy (non-hydrogen) atoms. The highest BCUT2D eigenvalue weighted by molar-refractivity contribution is 9.11. The summed E-state index contributed by atoms with van der Waals surface area (Å²) >= 11 is 4.79. The molecule has 3 rings (SSSR count). The molecular formula is C18H25BrN2O2S. The fraction of sp³-hybridized carbons (Fsp3) is 0.667. The Kier molecular flexibility index (Phi) is 5.65. The van der Waals surface area contributed by atoms with Crippen LogP contribution >= 0.6 is 27.3 Å². The standard InChI is InChI=1S/C18H25BrN2O2S/c1-12-3-5-13(6-4-12)21(14-7-8-14)17(22)11-20(2)18(23)15-9-10-16(19)24-15/h9-10,12-14H,3-8,11H2,1-2H3. The van der Waals surface area contributed by atoms with E-state index in [2.05, 4.69) is 27.8 Å². The SMILES string of the molecule is CC1CCC(N(C(=O)CN(C)C(=O)c2ccc(Br)s2)C2CC2)CC1. The highest BCUT2D eigenvalue weighted by Gasteiger charge is 2.38. The predicted octanol–water partition coefficient (Wildman–Crippen LogP) is 4.15. The van der Waals surface area contributed by atoms with Crippen LogP contribution in [0.5, 0.6) is 0 Å². The van der Waals surface area contributed by atoms with Gasteiger partial charge in [-0.2, -0.15) is 0 Å². The maximum Gasteiger partial charge on any atom is 0.264 e. The molecule has 0 radical (unpaired) electrons. The number of rotatable bonds is 5. The summed E-state index contributed by atoms with van der Waals surface area (Å²) in [5.41, 5.74) is 0. The van der Waals surface area contributed by atoms with Crippen molar-refractivity contribution in [3.05, 3.63) is 20.8 Å². The Morgan fingerprint density at radius 1 is 1.12 bits per heavy atom. The molecule has 1 heterocycles. The molecular weight excluding hydrogens is 388 g/mol. The molecule has 2 aliphatic carbocycles. The molecule has 2 aliphatic rings. The van der Waals surface area contributed by atoms with Crippen molar-refractivity contribution < 1.29 is 9.59 Å². The van der Waals surface area contributed by atoms with Gasteiger partial charge in [0.25, 0.3) is 5.91 Å². The van der Waals surface area contributed by atoms with E-state index in [-0.39, 0.29) is 18.4 Å². The summed E-state index contributed by atoms with van der Waals surface area (Å²) in [6, 6.07) is 4.46. The lowest BCUT2D eigenvalue weighted by Gasteiger charge is -2.37. The van der Waals surface area contributed by atoms with E-state index in [1.165, 1.54) is 24.2 Å². The van der Waals surface area contributed by atoms with Crippen LogP contribution < -0.4 is 0 Å². The van der Waals surface area contributed by atoms with Gasteiger partial charge < -0.3 is 9.80 Å². The van der Waals surface area contributed by atoms with Crippen molar-refractivity contribution in [3.8, 4) is 0 Å². The Morgan fingerprint density at radius 2 is 1.71 bits per heavy atom. The smallest absolute Gasteiger partial charge is 0.264 e. The molecule has 0 bridgehead atoms. The molecule has 132 valence electrons. The quantitative estimate of drug-likeness (QED) is 0.728. The van der Waals surface area contributed by atoms with Gasteiger partial charge in [0.1, 0.15) is 0 Å². The minimum absolute atomic E-state index is 0.0768. The van der Waals surface area contributed by atoms with E-state index in [0.717, 1.165) is 35.4 Å². The van der Waals surface area contributed by atoms with Crippen LogP contribution in [0.3, 0.4) is 0 Å². The normalized spacial score (nSPS) is 23.8. The molecule has 4 nitrogen and oxygen atoms in total. The third kappa shape index (κ3) is 4.20. The molecule has 1 aromatic heterocycles. The lowest BCUT2D eigenvalue weighted by molar-refractivity contribution is -0.135. The van der Waals surface area contributed by atoms with E-state index < -0.39 is 0 Å². The lowest BCUT2D eigenvalue weighted by Crippen LogP contribution is -2.48. The average Bonchev–Trinajstić information content (AvgIpc) is 3.28. The topological polar surface area (TPSA) is 40.6 Å². The van der Waals surface area contributed by atoms with E-state index in [4.69, 9.17) is 0 Å². The third-order valence-electron chi connectivity index (χ3n) is 5.11. The molecule has 0 spiro atoms. The maximum absolute atomic E-state index is 12.9. The largest absolute Gasteiger partial charge is 0.335 e. The number of thiophene rings is 1. The van der Waals surface area contributed by atoms with E-state index in [9.17, 15) is 9.59 Å². The molecule has 0 unspecified atom stereocenters. The Balaban J connectivity index is 1.62. The second-order valence-corrected chi connectivity index (χ2v) is 9.67. The van der Waals surface area contributed by atoms with Gasteiger partial charge in [0.15, 0.2) is 0 Å². The number of carbonyl (C=O) groups excluding carboxylic acids is 2. The monoisotopic (exact) mass is 412 g/mol. The molecule has 1 aromatic rings. The Morgan fingerprint density at radius 3 is 2.21 bits per heavy atom. The number of carbonyl (C=O) groups is 2. The van der Waals surface area contributed by atoms with Crippen molar-refractivity contribution in [2.24, 2.45) is 5.92 Å². The summed E-state index contributed by atoms with van der Waals surface area (Å²) in [6.45, 7) is 2.47. The Hall–Kier alpha value is -0.880. The van der Waals surface area contributed by atoms with Crippen molar-refractivity contribution in [2.75, 3.05) is 13.6 Å². The molecule has 0 aromatic carbocycles. The summed E-state index contributed by atoms with van der Waals surface area (Å²) in [7, 11) is 1.72. The Labute approximate surface area is 156 Å². The van der Waals surface area contributed by atoms with Crippen molar-refractivity contribution in [1.29, 1.82) is 0 Å². The van der Waals surface area contributed by atoms with E-state index >= 15 is 0 Å². The van der Waals surface area contributed by atoms with Crippen molar-refractivity contribution in [1.82, 2.24) is 9.80 Å². The molecule has 2 saturated carbocycles. The predicted molar refractivity (Wildman–Crippen MR) is 100 cm³/mol. The first-order valence-corrected chi connectivity index (χ1v) is 10.4. The van der Waals surface area contributed by atoms with Gasteiger partial charge in [-0.1, -0.05) is 6.92 Å². The molecule has 2 amide bonds. The zero-order valence-corrected chi connectivity index (χ0v) is 16.7. The molecule has 0 N–H and O–H groups in total. The second-order valence-electron chi connectivity index (χ2n) is 7.21. The summed E-state index contributed by atoms with van der Waals surface area (Å²) in [4.78, 5) is 29.7. The van der Waals surface area contributed by atoms with Crippen LogP contribution in [0.1, 0.15) is 55.1 Å². The van der Waals surface area contributed by atoms with Gasteiger partial charge in [-0.3, -0.25) is 9.59 Å². The number of likely N-dealkylation sites (N-methyl/N-ethyl adjacent to an activating group) is 1. The maximum atomic E-state index is 12.9. The average molecular weight is 413 g/mol. The first-order valence-electron chi connectivity index (χ1n) is 8.77. The van der Waals surface area contributed by atoms with Gasteiger partial charge in [0.2, 0.25) is 5.91 Å². The zero-order chi connectivity index (χ0) is 17.3. The first-order chi connectivity index (χ1) is 11.5. The molecule has 0 atom stereocenters. The van der Waals surface area contributed by atoms with Crippen LogP contribution in [0.4, 0.5) is 0 Å². The van der Waals surface area contributed by atoms with Gasteiger partial charge in [-0.15, -0.1) is 11.3 Å². The van der Waals surface area contributed by atoms with E-state index in [1.54, 1.807) is 18.0 Å². The number of halogens is 1. The summed E-state index contributed by atoms with van der Waals surface area (Å²) in [6.07, 6.45) is 6.87. The van der Waals surface area contributed by atoms with Crippen molar-refractivity contribution in [3.63, 3.8) is 0 Å². The third-order valence-corrected chi connectivity index (χ3v) is 6.72. The fourth-order valence-corrected chi connectivity index (χ4v) is 4.93. The van der Waals surface area contributed by atoms with Crippen LogP contribution in [0, 0.1) is 5.92 Å². The van der Waals surface area contributed by atoms with Gasteiger partial charge in [0.05, 0.1) is 15.2 Å². The highest BCUT2D eigenvalue weighted by Crippen LogP contribution is 2.35. The number of hydrogen-bond acceptors (Lipinski definition) is 3. The minimum Gasteiger partial charge on any atom is -0.335 e. The highest BCUT2D eigenvalue weighted by atomic mass is 79.9. The number of amides is 2. The van der Waals surface area contributed by atoms with Gasteiger partial charge in [0, 0.05) is 19.1 Å². The fourth-order valence-electron chi connectivity index (χ4n) is 3.55.